The summed E-state index contributed by atoms with van der Waals surface area (Å²) in [6, 6.07) is 11.5. The number of carbonyl (C=O) groups excluding carboxylic acids is 1. The van der Waals surface area contributed by atoms with Gasteiger partial charge in [-0.05, 0) is 37.1 Å². The first-order valence-corrected chi connectivity index (χ1v) is 8.16. The van der Waals surface area contributed by atoms with Crippen LogP contribution >= 0.6 is 0 Å². The van der Waals surface area contributed by atoms with Gasteiger partial charge in [-0.2, -0.15) is 0 Å². The van der Waals surface area contributed by atoms with Gasteiger partial charge in [-0.3, -0.25) is 4.79 Å². The van der Waals surface area contributed by atoms with Crippen molar-refractivity contribution in [2.24, 2.45) is 5.73 Å². The number of H-pyrrole nitrogens is 1. The average Bonchev–Trinajstić information content (AvgIpc) is 3.06. The molecule has 6 nitrogen and oxygen atoms in total. The van der Waals surface area contributed by atoms with Crippen molar-refractivity contribution in [2.45, 2.75) is 18.8 Å². The van der Waals surface area contributed by atoms with E-state index in [1.807, 2.05) is 24.3 Å². The average molecular weight is 321 g/mol. The van der Waals surface area contributed by atoms with E-state index in [1.165, 1.54) is 0 Å². The molecule has 122 valence electrons. The van der Waals surface area contributed by atoms with E-state index in [9.17, 15) is 4.79 Å². The number of piperidine rings is 1. The summed E-state index contributed by atoms with van der Waals surface area (Å²) in [6.07, 6.45) is 3.79. The van der Waals surface area contributed by atoms with Gasteiger partial charge >= 0.3 is 0 Å². The maximum atomic E-state index is 11.4. The fourth-order valence-electron chi connectivity index (χ4n) is 3.32. The Morgan fingerprint density at radius 1 is 1.29 bits per heavy atom. The minimum atomic E-state index is -0.426. The number of hydrogen-bond donors (Lipinski definition) is 2. The van der Waals surface area contributed by atoms with E-state index in [-0.39, 0.29) is 0 Å². The lowest BCUT2D eigenvalue weighted by atomic mass is 9.97. The smallest absolute Gasteiger partial charge is 0.248 e. The maximum absolute atomic E-state index is 11.4. The first-order valence-electron chi connectivity index (χ1n) is 8.16. The van der Waals surface area contributed by atoms with Crippen molar-refractivity contribution in [3.63, 3.8) is 0 Å². The Hall–Kier alpha value is -2.89. The van der Waals surface area contributed by atoms with Crippen LogP contribution in [0.1, 0.15) is 34.9 Å². The van der Waals surface area contributed by atoms with Crippen molar-refractivity contribution in [3.05, 3.63) is 54.0 Å². The van der Waals surface area contributed by atoms with Gasteiger partial charge in [-0.25, -0.2) is 9.97 Å². The number of para-hydroxylation sites is 2. The van der Waals surface area contributed by atoms with Gasteiger partial charge in [0.1, 0.15) is 11.6 Å². The quantitative estimate of drug-likeness (QED) is 0.775. The molecule has 0 saturated carbocycles. The molecular weight excluding hydrogens is 302 g/mol. The molecule has 1 saturated heterocycles. The molecule has 1 unspecified atom stereocenters. The van der Waals surface area contributed by atoms with Crippen LogP contribution in [0, 0.1) is 0 Å². The highest BCUT2D eigenvalue weighted by molar-refractivity contribution is 5.93. The van der Waals surface area contributed by atoms with Gasteiger partial charge in [0, 0.05) is 30.8 Å². The molecule has 4 rings (SSSR count). The number of rotatable bonds is 3. The Bertz CT molecular complexity index is 855. The topological polar surface area (TPSA) is 87.9 Å². The minimum Gasteiger partial charge on any atom is -0.366 e. The number of nitrogens with zero attached hydrogens (tertiary/aromatic N) is 3. The zero-order valence-corrected chi connectivity index (χ0v) is 13.3. The number of aromatic amines is 1. The van der Waals surface area contributed by atoms with Crippen LogP contribution in [0.25, 0.3) is 11.0 Å². The van der Waals surface area contributed by atoms with Crippen LogP contribution in [0.5, 0.6) is 0 Å². The highest BCUT2D eigenvalue weighted by Crippen LogP contribution is 2.29. The fourth-order valence-corrected chi connectivity index (χ4v) is 3.32. The summed E-state index contributed by atoms with van der Waals surface area (Å²) in [6.45, 7) is 1.75. The summed E-state index contributed by atoms with van der Waals surface area (Å²) in [5, 5.41) is 0. The number of anilines is 1. The summed E-state index contributed by atoms with van der Waals surface area (Å²) in [7, 11) is 0. The van der Waals surface area contributed by atoms with Gasteiger partial charge in [-0.1, -0.05) is 12.1 Å². The molecule has 0 bridgehead atoms. The van der Waals surface area contributed by atoms with Crippen LogP contribution in [-0.2, 0) is 0 Å². The highest BCUT2D eigenvalue weighted by atomic mass is 16.1. The van der Waals surface area contributed by atoms with Gasteiger partial charge in [0.2, 0.25) is 5.91 Å². The Labute approximate surface area is 139 Å². The predicted octanol–water partition coefficient (Wildman–Crippen LogP) is 2.44. The van der Waals surface area contributed by atoms with Crippen LogP contribution in [0.15, 0.2) is 42.6 Å². The standard InChI is InChI=1S/C18H19N5O/c19-17(24)12-7-8-20-16(10-12)23-9-3-4-13(11-23)18-21-14-5-1-2-6-15(14)22-18/h1-2,5-8,10,13H,3-4,9,11H2,(H2,19,24)(H,21,22). The van der Waals surface area contributed by atoms with E-state index in [1.54, 1.807) is 18.3 Å². The Kier molecular flexibility index (Phi) is 3.65. The number of fused-ring (bicyclic) bond motifs is 1. The highest BCUT2D eigenvalue weighted by Gasteiger charge is 2.25. The molecule has 6 heteroatoms. The van der Waals surface area contributed by atoms with Crippen molar-refractivity contribution in [1.82, 2.24) is 15.0 Å². The zero-order valence-electron chi connectivity index (χ0n) is 13.3. The molecule has 1 fully saturated rings. The molecule has 1 aliphatic heterocycles. The monoisotopic (exact) mass is 321 g/mol. The number of primary amides is 1. The van der Waals surface area contributed by atoms with Gasteiger partial charge < -0.3 is 15.6 Å². The lowest BCUT2D eigenvalue weighted by Crippen LogP contribution is -2.35. The molecule has 3 heterocycles. The van der Waals surface area contributed by atoms with Crippen LogP contribution in [0.2, 0.25) is 0 Å². The molecule has 1 atom stereocenters. The van der Waals surface area contributed by atoms with Crippen LogP contribution < -0.4 is 10.6 Å². The zero-order chi connectivity index (χ0) is 16.5. The van der Waals surface area contributed by atoms with Gasteiger partial charge in [0.25, 0.3) is 0 Å². The maximum Gasteiger partial charge on any atom is 0.248 e. The van der Waals surface area contributed by atoms with Crippen molar-refractivity contribution in [3.8, 4) is 0 Å². The molecule has 24 heavy (non-hydrogen) atoms. The number of hydrogen-bond acceptors (Lipinski definition) is 4. The van der Waals surface area contributed by atoms with E-state index in [4.69, 9.17) is 10.7 Å². The first kappa shape index (κ1) is 14.7. The van der Waals surface area contributed by atoms with E-state index in [2.05, 4.69) is 14.9 Å². The van der Waals surface area contributed by atoms with Crippen molar-refractivity contribution in [2.75, 3.05) is 18.0 Å². The van der Waals surface area contributed by atoms with Crippen molar-refractivity contribution < 1.29 is 4.79 Å². The molecule has 1 amide bonds. The lowest BCUT2D eigenvalue weighted by Gasteiger charge is -2.32. The number of pyridine rings is 1. The second-order valence-electron chi connectivity index (χ2n) is 6.19. The van der Waals surface area contributed by atoms with Gasteiger partial charge in [0.05, 0.1) is 11.0 Å². The third-order valence-corrected chi connectivity index (χ3v) is 4.57. The lowest BCUT2D eigenvalue weighted by molar-refractivity contribution is 0.1000. The SMILES string of the molecule is NC(=O)c1ccnc(N2CCCC(c3nc4ccccc4[nH]3)C2)c1. The molecule has 0 aliphatic carbocycles. The van der Waals surface area contributed by atoms with Gasteiger partial charge in [0.15, 0.2) is 0 Å². The first-order chi connectivity index (χ1) is 11.7. The molecule has 0 radical (unpaired) electrons. The van der Waals surface area contributed by atoms with Crippen LogP contribution in [0.3, 0.4) is 0 Å². The number of nitrogens with one attached hydrogen (secondary N) is 1. The predicted molar refractivity (Wildman–Crippen MR) is 93.0 cm³/mol. The number of benzene rings is 1. The normalized spacial score (nSPS) is 18.0. The van der Waals surface area contributed by atoms with Crippen LogP contribution in [0.4, 0.5) is 5.82 Å². The Morgan fingerprint density at radius 2 is 2.17 bits per heavy atom. The third kappa shape index (κ3) is 2.71. The van der Waals surface area contributed by atoms with Crippen molar-refractivity contribution in [1.29, 1.82) is 0 Å². The van der Waals surface area contributed by atoms with Crippen molar-refractivity contribution >= 4 is 22.8 Å². The van der Waals surface area contributed by atoms with E-state index in [0.29, 0.717) is 11.5 Å². The number of aromatic nitrogens is 3. The molecule has 1 aliphatic rings. The van der Waals surface area contributed by atoms with Gasteiger partial charge in [-0.15, -0.1) is 0 Å². The number of imidazole rings is 1. The molecule has 2 aromatic heterocycles. The van der Waals surface area contributed by atoms with E-state index in [0.717, 1.165) is 48.6 Å². The summed E-state index contributed by atoms with van der Waals surface area (Å²) in [5.41, 5.74) is 7.93. The molecular formula is C18H19N5O. The molecule has 3 aromatic rings. The number of amides is 1. The molecule has 0 spiro atoms. The fraction of sp³-hybridized carbons (Fsp3) is 0.278. The van der Waals surface area contributed by atoms with E-state index >= 15 is 0 Å². The second-order valence-corrected chi connectivity index (χ2v) is 6.19. The summed E-state index contributed by atoms with van der Waals surface area (Å²) < 4.78 is 0. The minimum absolute atomic E-state index is 0.324. The van der Waals surface area contributed by atoms with E-state index < -0.39 is 5.91 Å². The summed E-state index contributed by atoms with van der Waals surface area (Å²) in [4.78, 5) is 26.2. The largest absolute Gasteiger partial charge is 0.366 e. The summed E-state index contributed by atoms with van der Waals surface area (Å²) >= 11 is 0. The molecule has 1 aromatic carbocycles. The summed E-state index contributed by atoms with van der Waals surface area (Å²) in [5.74, 6) is 1.72. The number of carbonyl (C=O) groups is 1. The Morgan fingerprint density at radius 3 is 3.00 bits per heavy atom. The molecule has 3 N–H and O–H groups in total. The number of nitrogens with two attached hydrogens (primary N) is 1. The Balaban J connectivity index is 1.59. The third-order valence-electron chi connectivity index (χ3n) is 4.57. The second kappa shape index (κ2) is 5.96. The van der Waals surface area contributed by atoms with Crippen LogP contribution in [-0.4, -0.2) is 33.9 Å².